The van der Waals surface area contributed by atoms with Crippen molar-refractivity contribution in [3.63, 3.8) is 0 Å². The number of aromatic nitrogens is 4. The largest absolute Gasteiger partial charge is 0.508 e. The number of methoxy groups -OCH3 is 1. The summed E-state index contributed by atoms with van der Waals surface area (Å²) in [5, 5.41) is 9.45. The second-order valence-electron chi connectivity index (χ2n) is 15.3. The van der Waals surface area contributed by atoms with Crippen LogP contribution in [0.5, 0.6) is 11.5 Å². The normalized spacial score (nSPS) is 14.1. The molecule has 2 aliphatic rings. The standard InChI is InChI=1S/C23H27N5O2.C22H25N5O2.BBr3/c1-26(19-10-12-27(13-11-19)20-6-8-21(30-2)9-7-20)23(29)28-15-22(25-16-28)17-4-3-5-18(24)14-17;1-25(18-9-11-26(12-10-18)19-5-7-20(28)8-6-19)22(29)27-14-21(24-15-27)16-3-2-4-17(23)13-16;2-1(3)4/h3-9,14-16,19H,10-13,24H2,1-2H3;2-8,13-15,18,28H,9-12,23H2,1H3;. The van der Waals surface area contributed by atoms with Crippen LogP contribution in [0, 0.1) is 0 Å². The highest BCUT2D eigenvalue weighted by Crippen LogP contribution is 2.27. The van der Waals surface area contributed by atoms with E-state index in [4.69, 9.17) is 16.2 Å². The second kappa shape index (κ2) is 22.3. The number of phenolic OH excluding ortho intramolecular Hbond substituents is 1. The number of aromatic hydroxyl groups is 1. The van der Waals surface area contributed by atoms with Crippen molar-refractivity contribution >= 4 is 85.3 Å². The highest BCUT2D eigenvalue weighted by molar-refractivity contribution is 9.69. The minimum absolute atomic E-state index is 0.0689. The van der Waals surface area contributed by atoms with E-state index in [-0.39, 0.29) is 33.1 Å². The minimum Gasteiger partial charge on any atom is -0.508 e. The first-order chi connectivity index (χ1) is 30.3. The zero-order valence-electron chi connectivity index (χ0n) is 35.5. The quantitative estimate of drug-likeness (QED) is 0.104. The predicted octanol–water partition coefficient (Wildman–Crippen LogP) is 9.27. The SMILES string of the molecule is BrB(Br)Br.CN(C(=O)n1cnc(-c2cccc(N)c2)c1)C1CCN(c2ccc(O)cc2)CC1.COc1ccc(N2CCC(N(C)C(=O)n3cnc(-c4cccc(N)c4)c3)CC2)cc1. The summed E-state index contributed by atoms with van der Waals surface area (Å²) in [6, 6.07) is 30.6. The Bertz CT molecular complexity index is 2400. The lowest BCUT2D eigenvalue weighted by atomic mass is 10.0. The van der Waals surface area contributed by atoms with Crippen molar-refractivity contribution in [3.05, 3.63) is 122 Å². The van der Waals surface area contributed by atoms with Crippen molar-refractivity contribution in [2.24, 2.45) is 0 Å². The number of hydrogen-bond donors (Lipinski definition) is 3. The van der Waals surface area contributed by atoms with Gasteiger partial charge in [-0.2, -0.15) is 0 Å². The van der Waals surface area contributed by atoms with Gasteiger partial charge in [0.25, 0.3) is 0 Å². The topological polar surface area (TPSA) is 164 Å². The lowest BCUT2D eigenvalue weighted by Gasteiger charge is -2.37. The molecule has 4 heterocycles. The number of phenols is 1. The average molecular weight is 1050 g/mol. The first-order valence-electron chi connectivity index (χ1n) is 20.5. The molecule has 63 heavy (non-hydrogen) atoms. The van der Waals surface area contributed by atoms with Crippen molar-refractivity contribution in [3.8, 4) is 34.0 Å². The molecule has 14 nitrogen and oxygen atoms in total. The molecular weight excluding hydrogens is 995 g/mol. The van der Waals surface area contributed by atoms with Crippen molar-refractivity contribution < 1.29 is 19.4 Å². The van der Waals surface area contributed by atoms with Crippen LogP contribution in [0.15, 0.2) is 122 Å². The van der Waals surface area contributed by atoms with Gasteiger partial charge >= 0.3 is 15.2 Å². The molecule has 8 rings (SSSR count). The van der Waals surface area contributed by atoms with E-state index < -0.39 is 0 Å². The third-order valence-electron chi connectivity index (χ3n) is 11.3. The van der Waals surface area contributed by atoms with Crippen LogP contribution in [0.25, 0.3) is 22.5 Å². The molecule has 330 valence electrons. The van der Waals surface area contributed by atoms with Gasteiger partial charge in [-0.05, 0) is 98.5 Å². The molecule has 0 bridgehead atoms. The molecule has 5 N–H and O–H groups in total. The molecule has 0 unspecified atom stereocenters. The summed E-state index contributed by atoms with van der Waals surface area (Å²) >= 11 is 9.31. The fourth-order valence-corrected chi connectivity index (χ4v) is 7.70. The van der Waals surface area contributed by atoms with Crippen LogP contribution in [0.1, 0.15) is 25.7 Å². The number of imidazole rings is 2. The Hall–Kier alpha value is -5.46. The summed E-state index contributed by atoms with van der Waals surface area (Å²) < 4.78 is 8.59. The van der Waals surface area contributed by atoms with Gasteiger partial charge in [-0.15, -0.1) is 47.3 Å². The Morgan fingerprint density at radius 3 is 1.41 bits per heavy atom. The Morgan fingerprint density at radius 1 is 0.667 bits per heavy atom. The van der Waals surface area contributed by atoms with Gasteiger partial charge in [-0.25, -0.2) is 19.6 Å². The number of nitrogen functional groups attached to an aromatic ring is 2. The van der Waals surface area contributed by atoms with Crippen LogP contribution in [0.3, 0.4) is 0 Å². The molecule has 0 spiro atoms. The summed E-state index contributed by atoms with van der Waals surface area (Å²) in [7, 11) is 5.39. The number of anilines is 4. The van der Waals surface area contributed by atoms with E-state index in [1.807, 2.05) is 91.8 Å². The van der Waals surface area contributed by atoms with Gasteiger partial charge in [-0.3, -0.25) is 9.13 Å². The lowest BCUT2D eigenvalue weighted by molar-refractivity contribution is 0.181. The summed E-state index contributed by atoms with van der Waals surface area (Å²) in [5.41, 5.74) is 18.6. The first kappa shape index (κ1) is 47.0. The first-order valence-corrected chi connectivity index (χ1v) is 23.2. The Morgan fingerprint density at radius 2 is 1.05 bits per heavy atom. The second-order valence-corrected chi connectivity index (χ2v) is 21.7. The maximum atomic E-state index is 13.0. The third kappa shape index (κ3) is 12.8. The zero-order chi connectivity index (χ0) is 45.0. The molecule has 0 saturated carbocycles. The number of hydrogen-bond acceptors (Lipinski definition) is 10. The summed E-state index contributed by atoms with van der Waals surface area (Å²) in [6.45, 7) is 3.55. The van der Waals surface area contributed by atoms with E-state index in [0.717, 1.165) is 85.8 Å². The molecule has 2 fully saturated rings. The van der Waals surface area contributed by atoms with Gasteiger partial charge < -0.3 is 40.9 Å². The van der Waals surface area contributed by atoms with Gasteiger partial charge in [0, 0.05) is 98.6 Å². The van der Waals surface area contributed by atoms with Gasteiger partial charge in [0.15, 0.2) is 0 Å². The number of carbonyl (C=O) groups is 2. The van der Waals surface area contributed by atoms with Crippen molar-refractivity contribution in [1.29, 1.82) is 0 Å². The van der Waals surface area contributed by atoms with E-state index in [1.165, 1.54) is 10.3 Å². The number of rotatable bonds is 7. The highest BCUT2D eigenvalue weighted by atomic mass is 79.9. The molecule has 18 heteroatoms. The maximum absolute atomic E-state index is 13.0. The molecule has 0 aliphatic carbocycles. The van der Waals surface area contributed by atoms with Gasteiger partial charge in [0.1, 0.15) is 24.2 Å². The molecule has 2 amide bonds. The van der Waals surface area contributed by atoms with E-state index >= 15 is 0 Å². The lowest BCUT2D eigenvalue weighted by Crippen LogP contribution is -2.46. The monoisotopic (exact) mass is 1040 g/mol. The summed E-state index contributed by atoms with van der Waals surface area (Å²) in [4.78, 5) is 42.9. The third-order valence-corrected chi connectivity index (χ3v) is 11.3. The van der Waals surface area contributed by atoms with Crippen molar-refractivity contribution in [2.75, 3.05) is 68.7 Å². The van der Waals surface area contributed by atoms with E-state index in [0.29, 0.717) is 11.4 Å². The van der Waals surface area contributed by atoms with Gasteiger partial charge in [0.05, 0.1) is 18.5 Å². The average Bonchev–Trinajstić information content (AvgIpc) is 4.01. The molecule has 6 aromatic rings. The maximum Gasteiger partial charge on any atom is 0.369 e. The number of ether oxygens (including phenoxy) is 1. The fraction of sp³-hybridized carbons (Fsp3) is 0.289. The Labute approximate surface area is 393 Å². The van der Waals surface area contributed by atoms with Crippen molar-refractivity contribution in [2.45, 2.75) is 37.8 Å². The smallest absolute Gasteiger partial charge is 0.369 e. The van der Waals surface area contributed by atoms with E-state index in [1.54, 1.807) is 53.8 Å². The number of halogens is 3. The van der Waals surface area contributed by atoms with Crippen LogP contribution in [-0.4, -0.2) is 109 Å². The summed E-state index contributed by atoms with van der Waals surface area (Å²) in [5.74, 6) is 1.13. The van der Waals surface area contributed by atoms with Gasteiger partial charge in [0.2, 0.25) is 0 Å². The van der Waals surface area contributed by atoms with Crippen LogP contribution < -0.4 is 26.0 Å². The van der Waals surface area contributed by atoms with Crippen LogP contribution in [0.2, 0.25) is 0 Å². The number of carbonyl (C=O) groups excluding carboxylic acids is 2. The Balaban J connectivity index is 0.000000194. The number of amides is 2. The molecular formula is C45H52BBr3N10O4. The molecule has 2 aliphatic heterocycles. The van der Waals surface area contributed by atoms with Gasteiger partial charge in [-0.1, -0.05) is 24.3 Å². The number of piperidine rings is 2. The fourth-order valence-electron chi connectivity index (χ4n) is 7.70. The molecule has 2 aromatic heterocycles. The number of nitrogens with two attached hydrogens (primary N) is 2. The number of benzene rings is 4. The predicted molar refractivity (Wildman–Crippen MR) is 265 cm³/mol. The summed E-state index contributed by atoms with van der Waals surface area (Å²) in [6.07, 6.45) is 10.3. The van der Waals surface area contributed by atoms with E-state index in [9.17, 15) is 14.7 Å². The van der Waals surface area contributed by atoms with E-state index in [2.05, 4.69) is 79.2 Å². The van der Waals surface area contributed by atoms with Crippen molar-refractivity contribution in [1.82, 2.24) is 28.9 Å². The molecule has 0 atom stereocenters. The Kier molecular flexibility index (Phi) is 16.6. The minimum atomic E-state index is -0.0873. The molecule has 2 saturated heterocycles. The van der Waals surface area contributed by atoms with Crippen LogP contribution in [0.4, 0.5) is 32.3 Å². The number of nitrogens with zero attached hydrogens (tertiary/aromatic N) is 8. The zero-order valence-corrected chi connectivity index (χ0v) is 40.2. The van der Waals surface area contributed by atoms with Crippen LogP contribution >= 0.6 is 47.3 Å². The highest BCUT2D eigenvalue weighted by Gasteiger charge is 2.28. The molecule has 0 radical (unpaired) electrons. The molecule has 4 aromatic carbocycles. The van der Waals surface area contributed by atoms with Crippen LogP contribution in [-0.2, 0) is 0 Å².